The average molecular weight is 432 g/mol. The number of hydrogen-bond donors (Lipinski definition) is 1. The summed E-state index contributed by atoms with van der Waals surface area (Å²) < 4.78 is 34.4. The highest BCUT2D eigenvalue weighted by Crippen LogP contribution is 2.47. The molecule has 1 aromatic heterocycles. The third-order valence-corrected chi connectivity index (χ3v) is 8.18. The van der Waals surface area contributed by atoms with Crippen LogP contribution in [-0.2, 0) is 33.8 Å². The fraction of sp³-hybridized carbons (Fsp3) is 0.565. The van der Waals surface area contributed by atoms with Gasteiger partial charge in [0.15, 0.2) is 0 Å². The molecule has 0 radical (unpaired) electrons. The lowest BCUT2D eigenvalue weighted by Crippen LogP contribution is -2.51. The summed E-state index contributed by atoms with van der Waals surface area (Å²) in [6.45, 7) is 2.28. The number of fused-ring (bicyclic) bond motifs is 2. The first kappa shape index (κ1) is 21.4. The van der Waals surface area contributed by atoms with Gasteiger partial charge in [0.1, 0.15) is 0 Å². The van der Waals surface area contributed by atoms with Crippen molar-refractivity contribution in [1.29, 1.82) is 0 Å². The van der Waals surface area contributed by atoms with Gasteiger partial charge in [0.05, 0.1) is 12.4 Å². The van der Waals surface area contributed by atoms with Crippen molar-refractivity contribution in [2.75, 3.05) is 30.7 Å². The number of methoxy groups -OCH3 is 1. The van der Waals surface area contributed by atoms with Crippen molar-refractivity contribution in [2.45, 2.75) is 50.1 Å². The maximum absolute atomic E-state index is 12.3. The predicted octanol–water partition coefficient (Wildman–Crippen LogP) is 3.50. The molecule has 6 nitrogen and oxygen atoms in total. The first-order chi connectivity index (χ1) is 14.4. The average Bonchev–Trinajstić information content (AvgIpc) is 3.13. The van der Waals surface area contributed by atoms with Crippen molar-refractivity contribution in [1.82, 2.24) is 9.47 Å². The zero-order valence-corrected chi connectivity index (χ0v) is 18.8. The van der Waals surface area contributed by atoms with Gasteiger partial charge in [-0.25, -0.2) is 8.42 Å². The molecule has 30 heavy (non-hydrogen) atoms. The van der Waals surface area contributed by atoms with Crippen LogP contribution in [0.5, 0.6) is 0 Å². The van der Waals surface area contributed by atoms with Crippen molar-refractivity contribution < 1.29 is 13.2 Å². The molecule has 2 bridgehead atoms. The molecular weight excluding hydrogens is 398 g/mol. The lowest BCUT2D eigenvalue weighted by Gasteiger charge is -2.51. The van der Waals surface area contributed by atoms with Crippen molar-refractivity contribution >= 4 is 15.7 Å². The number of ether oxygens (including phenoxy) is 1. The van der Waals surface area contributed by atoms with Crippen molar-refractivity contribution in [3.05, 3.63) is 53.9 Å². The maximum atomic E-state index is 12.3. The Morgan fingerprint density at radius 2 is 2.10 bits per heavy atom. The van der Waals surface area contributed by atoms with Gasteiger partial charge < -0.3 is 9.30 Å². The second kappa shape index (κ2) is 8.73. The largest absolute Gasteiger partial charge is 0.384 e. The first-order valence-electron chi connectivity index (χ1n) is 10.9. The van der Waals surface area contributed by atoms with Crippen molar-refractivity contribution in [3.63, 3.8) is 0 Å². The highest BCUT2D eigenvalue weighted by atomic mass is 32.2. The van der Waals surface area contributed by atoms with Gasteiger partial charge in [0, 0.05) is 44.3 Å². The standard InChI is InChI=1S/C23H33N3O3S/c1-25-12-5-9-22(25)18-26-13-11-23(10-4-8-21(26)17-23)19-6-3-7-20(16-19)24-30(27,28)15-14-29-2/h3,5-7,9,12,16,21,24H,4,8,10-11,13-15,17-18H2,1-2H3. The molecule has 1 saturated carbocycles. The topological polar surface area (TPSA) is 63.6 Å². The second-order valence-electron chi connectivity index (χ2n) is 8.86. The van der Waals surface area contributed by atoms with Gasteiger partial charge in [-0.05, 0) is 67.5 Å². The number of nitrogens with zero attached hydrogens (tertiary/aromatic N) is 2. The molecule has 1 aliphatic carbocycles. The van der Waals surface area contributed by atoms with Crippen LogP contribution in [-0.4, -0.2) is 49.9 Å². The van der Waals surface area contributed by atoms with E-state index in [0.29, 0.717) is 11.7 Å². The van der Waals surface area contributed by atoms with Gasteiger partial charge in [-0.1, -0.05) is 18.6 Å². The quantitative estimate of drug-likeness (QED) is 0.695. The number of hydrogen-bond acceptors (Lipinski definition) is 4. The summed E-state index contributed by atoms with van der Waals surface area (Å²) in [5, 5.41) is 0. The van der Waals surface area contributed by atoms with Crippen LogP contribution in [0.3, 0.4) is 0 Å². The highest BCUT2D eigenvalue weighted by molar-refractivity contribution is 7.92. The zero-order chi connectivity index (χ0) is 21.2. The molecule has 2 atom stereocenters. The van der Waals surface area contributed by atoms with E-state index in [4.69, 9.17) is 4.74 Å². The number of benzene rings is 1. The molecule has 1 aliphatic heterocycles. The Balaban J connectivity index is 1.50. The predicted molar refractivity (Wildman–Crippen MR) is 120 cm³/mol. The molecule has 1 aromatic carbocycles. The first-order valence-corrected chi connectivity index (χ1v) is 12.5. The van der Waals surface area contributed by atoms with Gasteiger partial charge in [-0.15, -0.1) is 0 Å². The molecule has 2 heterocycles. The lowest BCUT2D eigenvalue weighted by molar-refractivity contribution is 0.0445. The minimum absolute atomic E-state index is 0.0327. The molecule has 2 fully saturated rings. The molecule has 2 aliphatic rings. The summed E-state index contributed by atoms with van der Waals surface area (Å²) in [4.78, 5) is 2.64. The molecule has 2 unspecified atom stereocenters. The molecule has 164 valence electrons. The van der Waals surface area contributed by atoms with Gasteiger partial charge >= 0.3 is 0 Å². The van der Waals surface area contributed by atoms with Crippen molar-refractivity contribution in [2.24, 2.45) is 7.05 Å². The third-order valence-electron chi connectivity index (χ3n) is 6.93. The smallest absolute Gasteiger partial charge is 0.234 e. The molecule has 2 aromatic rings. The number of sulfonamides is 1. The Morgan fingerprint density at radius 1 is 1.23 bits per heavy atom. The summed E-state index contributed by atoms with van der Waals surface area (Å²) in [5.41, 5.74) is 3.45. The SMILES string of the molecule is COCCS(=O)(=O)Nc1cccc(C23CCCC(C2)N(Cc2cccn2C)CC3)c1. The molecule has 0 amide bonds. The van der Waals surface area contributed by atoms with E-state index in [0.717, 1.165) is 25.9 Å². The van der Waals surface area contributed by atoms with Crippen LogP contribution in [0.4, 0.5) is 5.69 Å². The monoisotopic (exact) mass is 431 g/mol. The summed E-state index contributed by atoms with van der Waals surface area (Å²) in [6, 6.07) is 13.0. The molecule has 7 heteroatoms. The van der Waals surface area contributed by atoms with Crippen LogP contribution in [0.25, 0.3) is 0 Å². The van der Waals surface area contributed by atoms with Crippen LogP contribution < -0.4 is 4.72 Å². The van der Waals surface area contributed by atoms with Gasteiger partial charge in [-0.2, -0.15) is 0 Å². The lowest BCUT2D eigenvalue weighted by atomic mass is 9.63. The number of anilines is 1. The van der Waals surface area contributed by atoms with Gasteiger partial charge in [0.25, 0.3) is 0 Å². The number of rotatable bonds is 8. The summed E-state index contributed by atoms with van der Waals surface area (Å²) >= 11 is 0. The zero-order valence-electron chi connectivity index (χ0n) is 18.0. The van der Waals surface area contributed by atoms with E-state index in [9.17, 15) is 8.42 Å². The van der Waals surface area contributed by atoms with E-state index >= 15 is 0 Å². The van der Waals surface area contributed by atoms with Gasteiger partial charge in [0.2, 0.25) is 10.0 Å². The van der Waals surface area contributed by atoms with E-state index in [1.807, 2.05) is 12.1 Å². The number of piperidine rings is 1. The Morgan fingerprint density at radius 3 is 2.87 bits per heavy atom. The molecule has 1 saturated heterocycles. The van der Waals surface area contributed by atoms with Gasteiger partial charge in [-0.3, -0.25) is 9.62 Å². The minimum Gasteiger partial charge on any atom is -0.384 e. The van der Waals surface area contributed by atoms with Crippen LogP contribution in [0.2, 0.25) is 0 Å². The van der Waals surface area contributed by atoms with Crippen molar-refractivity contribution in [3.8, 4) is 0 Å². The molecular formula is C23H33N3O3S. The number of likely N-dealkylation sites (tertiary alicyclic amines) is 1. The van der Waals surface area contributed by atoms with E-state index in [1.54, 1.807) is 0 Å². The number of aromatic nitrogens is 1. The van der Waals surface area contributed by atoms with Crippen LogP contribution >= 0.6 is 0 Å². The Kier molecular flexibility index (Phi) is 6.23. The summed E-state index contributed by atoms with van der Waals surface area (Å²) in [6.07, 6.45) is 8.03. The van der Waals surface area contributed by atoms with Crippen LogP contribution in [0, 0.1) is 0 Å². The summed E-state index contributed by atoms with van der Waals surface area (Å²) in [7, 11) is 0.233. The fourth-order valence-electron chi connectivity index (χ4n) is 5.23. The van der Waals surface area contributed by atoms with E-state index in [-0.39, 0.29) is 17.8 Å². The normalized spacial score (nSPS) is 24.7. The molecule has 0 spiro atoms. The Bertz CT molecular complexity index is 972. The Hall–Kier alpha value is -1.83. The number of nitrogens with one attached hydrogen (secondary N) is 1. The fourth-order valence-corrected chi connectivity index (χ4v) is 6.20. The second-order valence-corrected chi connectivity index (χ2v) is 10.7. The van der Waals surface area contributed by atoms with Crippen LogP contribution in [0.1, 0.15) is 43.4 Å². The number of aryl methyl sites for hydroxylation is 1. The maximum Gasteiger partial charge on any atom is 0.234 e. The minimum atomic E-state index is -3.40. The Labute approximate surface area is 180 Å². The van der Waals surface area contributed by atoms with E-state index in [2.05, 4.69) is 51.7 Å². The molecule has 1 N–H and O–H groups in total. The molecule has 4 rings (SSSR count). The van der Waals surface area contributed by atoms with E-state index < -0.39 is 10.0 Å². The van der Waals surface area contributed by atoms with Crippen LogP contribution in [0.15, 0.2) is 42.6 Å². The third kappa shape index (κ3) is 4.58. The van der Waals surface area contributed by atoms with E-state index in [1.165, 1.54) is 37.6 Å². The summed E-state index contributed by atoms with van der Waals surface area (Å²) in [5.74, 6) is -0.0327. The highest BCUT2D eigenvalue weighted by Gasteiger charge is 2.43.